The van der Waals surface area contributed by atoms with Gasteiger partial charge in [0, 0.05) is 13.1 Å². The predicted octanol–water partition coefficient (Wildman–Crippen LogP) is 2.70. The van der Waals surface area contributed by atoms with E-state index in [0.29, 0.717) is 38.8 Å². The Morgan fingerprint density at radius 1 is 0.750 bits per heavy atom. The molecule has 2 rings (SSSR count). The van der Waals surface area contributed by atoms with Crippen molar-refractivity contribution in [2.24, 2.45) is 0 Å². The number of carbonyl (C=O) groups excluding carboxylic acids is 3. The molecule has 2 amide bonds. The molecule has 0 spiro atoms. The summed E-state index contributed by atoms with van der Waals surface area (Å²) < 4.78 is 10.8. The highest BCUT2D eigenvalue weighted by atomic mass is 16.6. The van der Waals surface area contributed by atoms with Crippen molar-refractivity contribution in [1.82, 2.24) is 9.80 Å². The number of rotatable bonds is 4. The van der Waals surface area contributed by atoms with Gasteiger partial charge < -0.3 is 20.5 Å². The Hall–Kier alpha value is -3.03. The molecule has 2 aliphatic rings. The van der Waals surface area contributed by atoms with Crippen LogP contribution in [0.1, 0.15) is 67.2 Å². The standard InChI is InChI=1S/C21H32N6O5/c1-20(2,3)31-18(29)26-11-7-9-13(26)15(24-22)17(28)16(25-23)14-10-8-12-27(14)19(30)32-21(4,5)6/h13-14H,7-12H2,1-6H3/t13-,14-/m0/s1. The first kappa shape index (κ1) is 25.2. The van der Waals surface area contributed by atoms with E-state index in [2.05, 4.69) is 9.58 Å². The van der Waals surface area contributed by atoms with Gasteiger partial charge in [0.15, 0.2) is 0 Å². The van der Waals surface area contributed by atoms with Crippen LogP contribution in [0.25, 0.3) is 11.1 Å². The molecule has 0 aromatic rings. The summed E-state index contributed by atoms with van der Waals surface area (Å²) in [7, 11) is 0. The highest BCUT2D eigenvalue weighted by Crippen LogP contribution is 2.25. The predicted molar refractivity (Wildman–Crippen MR) is 114 cm³/mol. The molecule has 2 aliphatic heterocycles. The molecule has 2 fully saturated rings. The fourth-order valence-electron chi connectivity index (χ4n) is 3.84. The first-order valence-electron chi connectivity index (χ1n) is 10.8. The van der Waals surface area contributed by atoms with Gasteiger partial charge >= 0.3 is 29.4 Å². The summed E-state index contributed by atoms with van der Waals surface area (Å²) in [6.45, 7) is 11.0. The molecule has 11 nitrogen and oxygen atoms in total. The maximum atomic E-state index is 13.2. The minimum absolute atomic E-state index is 0.324. The molecular weight excluding hydrogens is 416 g/mol. The molecule has 0 aliphatic carbocycles. The van der Waals surface area contributed by atoms with Gasteiger partial charge in [-0.25, -0.2) is 9.59 Å². The monoisotopic (exact) mass is 448 g/mol. The van der Waals surface area contributed by atoms with Crippen molar-refractivity contribution in [1.29, 1.82) is 0 Å². The Balaban J connectivity index is 2.26. The number of hydrogen-bond acceptors (Lipinski definition) is 5. The van der Waals surface area contributed by atoms with E-state index in [-0.39, 0.29) is 11.4 Å². The molecule has 0 radical (unpaired) electrons. The average Bonchev–Trinajstić information content (AvgIpc) is 3.30. The summed E-state index contributed by atoms with van der Waals surface area (Å²) in [5.74, 6) is -0.837. The second-order valence-electron chi connectivity index (χ2n) is 9.96. The lowest BCUT2D eigenvalue weighted by molar-refractivity contribution is -0.117. The molecule has 2 saturated heterocycles. The summed E-state index contributed by atoms with van der Waals surface area (Å²) in [5.41, 5.74) is 17.2. The van der Waals surface area contributed by atoms with Gasteiger partial charge in [0.05, 0.1) is 0 Å². The van der Waals surface area contributed by atoms with Crippen molar-refractivity contribution in [2.75, 3.05) is 13.1 Å². The third-order valence-electron chi connectivity index (χ3n) is 5.07. The highest BCUT2D eigenvalue weighted by molar-refractivity contribution is 6.66. The number of Topliss-reactive ketones (excluding diaryl/α,β-unsaturated/α-hetero) is 1. The summed E-state index contributed by atoms with van der Waals surface area (Å²) in [6.07, 6.45) is 0.651. The van der Waals surface area contributed by atoms with Gasteiger partial charge in [-0.15, -0.1) is 0 Å². The molecule has 0 saturated carbocycles. The van der Waals surface area contributed by atoms with E-state index < -0.39 is 41.3 Å². The van der Waals surface area contributed by atoms with Crippen LogP contribution >= 0.6 is 0 Å². The van der Waals surface area contributed by atoms with Crippen LogP contribution in [-0.2, 0) is 14.3 Å². The molecule has 0 aromatic heterocycles. The van der Waals surface area contributed by atoms with Crippen LogP contribution in [0.4, 0.5) is 9.59 Å². The second kappa shape index (κ2) is 9.63. The fourth-order valence-corrected chi connectivity index (χ4v) is 3.84. The molecule has 0 N–H and O–H groups in total. The highest BCUT2D eigenvalue weighted by Gasteiger charge is 2.51. The zero-order valence-corrected chi connectivity index (χ0v) is 19.6. The van der Waals surface area contributed by atoms with Gasteiger partial charge in [-0.1, -0.05) is 0 Å². The van der Waals surface area contributed by atoms with E-state index in [0.717, 1.165) is 0 Å². The molecular formula is C21H32N6O5. The van der Waals surface area contributed by atoms with E-state index in [4.69, 9.17) is 9.47 Å². The number of ketones is 1. The second-order valence-corrected chi connectivity index (χ2v) is 9.96. The molecule has 0 aromatic carbocycles. The zero-order valence-electron chi connectivity index (χ0n) is 19.6. The van der Waals surface area contributed by atoms with Crippen LogP contribution in [0.3, 0.4) is 0 Å². The van der Waals surface area contributed by atoms with E-state index in [1.165, 1.54) is 9.80 Å². The lowest BCUT2D eigenvalue weighted by Crippen LogP contribution is -2.51. The molecule has 32 heavy (non-hydrogen) atoms. The van der Waals surface area contributed by atoms with E-state index in [1.807, 2.05) is 0 Å². The largest absolute Gasteiger partial charge is 0.444 e. The van der Waals surface area contributed by atoms with Gasteiger partial charge in [0.2, 0.25) is 0 Å². The van der Waals surface area contributed by atoms with Gasteiger partial charge in [-0.05, 0) is 67.2 Å². The number of nitrogens with zero attached hydrogens (tertiary/aromatic N) is 6. The van der Waals surface area contributed by atoms with Crippen LogP contribution in [0, 0.1) is 0 Å². The van der Waals surface area contributed by atoms with Crippen molar-refractivity contribution >= 4 is 29.4 Å². The minimum Gasteiger partial charge on any atom is -0.444 e. The van der Waals surface area contributed by atoms with Crippen molar-refractivity contribution in [3.63, 3.8) is 0 Å². The smallest absolute Gasteiger partial charge is 0.411 e. The maximum absolute atomic E-state index is 13.2. The molecule has 11 heteroatoms. The topological polar surface area (TPSA) is 149 Å². The fraction of sp³-hybridized carbons (Fsp3) is 0.762. The van der Waals surface area contributed by atoms with Gasteiger partial charge in [0.1, 0.15) is 23.3 Å². The lowest BCUT2D eigenvalue weighted by Gasteiger charge is -2.27. The van der Waals surface area contributed by atoms with Crippen LogP contribution in [0.15, 0.2) is 0 Å². The normalized spacial score (nSPS) is 20.9. The van der Waals surface area contributed by atoms with Crippen molar-refractivity contribution in [3.05, 3.63) is 11.1 Å². The van der Waals surface area contributed by atoms with Crippen LogP contribution in [-0.4, -0.2) is 85.1 Å². The first-order chi connectivity index (χ1) is 14.8. The van der Waals surface area contributed by atoms with Crippen LogP contribution < -0.4 is 0 Å². The van der Waals surface area contributed by atoms with Crippen LogP contribution in [0.2, 0.25) is 0 Å². The quantitative estimate of drug-likeness (QED) is 0.368. The SMILES string of the molecule is CC(C)(C)OC(=O)N1CCC[C@H]1C(=[N+]=[N-])C(=O)C(=[N+]=[N-])[C@@H]1CCCN1C(=O)OC(C)(C)C. The van der Waals surface area contributed by atoms with Gasteiger partial charge in [-0.2, -0.15) is 9.58 Å². The third kappa shape index (κ3) is 6.02. The van der Waals surface area contributed by atoms with Crippen LogP contribution in [0.5, 0.6) is 0 Å². The Morgan fingerprint density at radius 2 is 1.09 bits per heavy atom. The number of ether oxygens (including phenoxy) is 2. The Labute approximate surface area is 187 Å². The minimum atomic E-state index is -0.838. The van der Waals surface area contributed by atoms with Crippen molar-refractivity contribution in [3.8, 4) is 0 Å². The number of amides is 2. The van der Waals surface area contributed by atoms with Gasteiger partial charge in [0.25, 0.3) is 0 Å². The molecule has 0 unspecified atom stereocenters. The van der Waals surface area contributed by atoms with E-state index in [1.54, 1.807) is 41.5 Å². The zero-order chi connectivity index (χ0) is 24.3. The summed E-state index contributed by atoms with van der Waals surface area (Å²) >= 11 is 0. The number of carbonyl (C=O) groups is 3. The molecule has 2 heterocycles. The van der Waals surface area contributed by atoms with Crippen molar-refractivity contribution in [2.45, 2.75) is 90.5 Å². The molecule has 2 atom stereocenters. The van der Waals surface area contributed by atoms with Crippen molar-refractivity contribution < 1.29 is 33.4 Å². The summed E-state index contributed by atoms with van der Waals surface area (Å²) in [5, 5.41) is 0. The number of hydrogen-bond donors (Lipinski definition) is 0. The molecule has 176 valence electrons. The average molecular weight is 449 g/mol. The third-order valence-corrected chi connectivity index (χ3v) is 5.07. The Bertz CT molecular complexity index is 804. The first-order valence-corrected chi connectivity index (χ1v) is 10.8. The van der Waals surface area contributed by atoms with Gasteiger partial charge in [-0.3, -0.25) is 14.6 Å². The molecule has 0 bridgehead atoms. The number of likely N-dealkylation sites (tertiary alicyclic amines) is 2. The van der Waals surface area contributed by atoms with E-state index >= 15 is 0 Å². The maximum Gasteiger partial charge on any atom is 0.411 e. The Morgan fingerprint density at radius 3 is 1.38 bits per heavy atom. The lowest BCUT2D eigenvalue weighted by atomic mass is 9.97. The Kier molecular flexibility index (Phi) is 7.59. The summed E-state index contributed by atoms with van der Waals surface area (Å²) in [4.78, 5) is 47.4. The van der Waals surface area contributed by atoms with E-state index in [9.17, 15) is 25.4 Å². The summed E-state index contributed by atoms with van der Waals surface area (Å²) in [6, 6.07) is -1.68.